The number of nitrogens with two attached hydrogens (primary N) is 2. The molecule has 3 heterocycles. The van der Waals surface area contributed by atoms with Gasteiger partial charge in [0.05, 0.1) is 16.8 Å². The van der Waals surface area contributed by atoms with Crippen LogP contribution >= 0.6 is 0 Å². The van der Waals surface area contributed by atoms with Crippen molar-refractivity contribution in [2.45, 2.75) is 44.2 Å². The number of nitrogens with one attached hydrogen (secondary N) is 3. The Morgan fingerprint density at radius 2 is 1.85 bits per heavy atom. The fourth-order valence-electron chi connectivity index (χ4n) is 4.17. The molecular formula is C23H28N10. The van der Waals surface area contributed by atoms with E-state index in [2.05, 4.69) is 40.8 Å². The minimum Gasteiger partial charge on any atom is -0.399 e. The zero-order valence-electron chi connectivity index (χ0n) is 18.3. The predicted molar refractivity (Wildman–Crippen MR) is 130 cm³/mol. The lowest BCUT2D eigenvalue weighted by atomic mass is 9.92. The molecule has 4 aromatic rings. The molecule has 1 fully saturated rings. The first-order valence-electron chi connectivity index (χ1n) is 11.3. The summed E-state index contributed by atoms with van der Waals surface area (Å²) in [5.74, 6) is 1.13. The first-order valence-corrected chi connectivity index (χ1v) is 11.3. The average molecular weight is 445 g/mol. The van der Waals surface area contributed by atoms with Crippen LogP contribution in [-0.2, 0) is 6.42 Å². The molecule has 170 valence electrons. The van der Waals surface area contributed by atoms with Gasteiger partial charge in [-0.25, -0.2) is 15.0 Å². The third-order valence-electron chi connectivity index (χ3n) is 6.06. The second kappa shape index (κ2) is 9.37. The Balaban J connectivity index is 1.27. The topological polar surface area (TPSA) is 156 Å². The third kappa shape index (κ3) is 4.85. The molecule has 0 bridgehead atoms. The van der Waals surface area contributed by atoms with Gasteiger partial charge >= 0.3 is 0 Å². The standard InChI is InChI=1S/C23H28N10/c24-15-5-7-16(8-6-15)29-23-28-13-17-20(32-33-21(17)31-23)19-10-12-27-22(30-19)26-11-9-14-3-1-2-4-18(14)25/h1-4,10,12-13,15-16H,5-9,11,24-25H2,(H,26,27,30)(H2,28,29,31,32,33). The maximum Gasteiger partial charge on any atom is 0.224 e. The van der Waals surface area contributed by atoms with Crippen LogP contribution in [0.1, 0.15) is 31.2 Å². The van der Waals surface area contributed by atoms with E-state index in [0.717, 1.165) is 60.1 Å². The summed E-state index contributed by atoms with van der Waals surface area (Å²) >= 11 is 0. The smallest absolute Gasteiger partial charge is 0.224 e. The molecule has 0 unspecified atom stereocenters. The van der Waals surface area contributed by atoms with Crippen molar-refractivity contribution in [2.75, 3.05) is 22.9 Å². The zero-order chi connectivity index (χ0) is 22.6. The summed E-state index contributed by atoms with van der Waals surface area (Å²) in [6.45, 7) is 0.672. The van der Waals surface area contributed by atoms with E-state index in [1.165, 1.54) is 0 Å². The number of hydrogen-bond donors (Lipinski definition) is 5. The van der Waals surface area contributed by atoms with Crippen LogP contribution in [0.4, 0.5) is 17.6 Å². The fourth-order valence-corrected chi connectivity index (χ4v) is 4.17. The van der Waals surface area contributed by atoms with Gasteiger partial charge in [0.15, 0.2) is 5.65 Å². The van der Waals surface area contributed by atoms with E-state index >= 15 is 0 Å². The quantitative estimate of drug-likeness (QED) is 0.270. The van der Waals surface area contributed by atoms with Crippen molar-refractivity contribution in [3.05, 3.63) is 48.3 Å². The Labute approximate surface area is 191 Å². The van der Waals surface area contributed by atoms with Crippen LogP contribution in [0.5, 0.6) is 0 Å². The number of H-pyrrole nitrogens is 1. The summed E-state index contributed by atoms with van der Waals surface area (Å²) in [6.07, 6.45) is 8.39. The van der Waals surface area contributed by atoms with Crippen LogP contribution in [0.15, 0.2) is 42.7 Å². The Morgan fingerprint density at radius 3 is 2.70 bits per heavy atom. The summed E-state index contributed by atoms with van der Waals surface area (Å²) < 4.78 is 0. The van der Waals surface area contributed by atoms with Gasteiger partial charge in [-0.05, 0) is 49.8 Å². The Morgan fingerprint density at radius 1 is 1.00 bits per heavy atom. The van der Waals surface area contributed by atoms with Crippen LogP contribution in [0.2, 0.25) is 0 Å². The third-order valence-corrected chi connectivity index (χ3v) is 6.06. The first-order chi connectivity index (χ1) is 16.2. The molecule has 10 nitrogen and oxygen atoms in total. The number of nitrogen functional groups attached to an aromatic ring is 1. The summed E-state index contributed by atoms with van der Waals surface area (Å²) in [5, 5.41) is 14.9. The number of benzene rings is 1. The normalized spacial score (nSPS) is 18.3. The van der Waals surface area contributed by atoms with Gasteiger partial charge in [0, 0.05) is 36.7 Å². The highest BCUT2D eigenvalue weighted by molar-refractivity contribution is 5.89. The molecule has 1 saturated carbocycles. The van der Waals surface area contributed by atoms with E-state index in [1.54, 1.807) is 12.4 Å². The van der Waals surface area contributed by atoms with Gasteiger partial charge < -0.3 is 22.1 Å². The van der Waals surface area contributed by atoms with Gasteiger partial charge in [-0.1, -0.05) is 18.2 Å². The minimum atomic E-state index is 0.309. The molecule has 1 aromatic carbocycles. The van der Waals surface area contributed by atoms with Crippen LogP contribution in [0.25, 0.3) is 22.4 Å². The summed E-state index contributed by atoms with van der Waals surface area (Å²) in [6, 6.07) is 10.3. The number of nitrogens with zero attached hydrogens (tertiary/aromatic N) is 5. The molecule has 0 saturated heterocycles. The van der Waals surface area contributed by atoms with Crippen molar-refractivity contribution in [1.29, 1.82) is 0 Å². The SMILES string of the molecule is Nc1ccccc1CCNc1nccc(-c2[nH]nc3nc(NC4CCC(N)CC4)ncc23)n1. The van der Waals surface area contributed by atoms with Gasteiger partial charge in [-0.15, -0.1) is 0 Å². The van der Waals surface area contributed by atoms with E-state index in [-0.39, 0.29) is 0 Å². The first kappa shape index (κ1) is 21.1. The number of aromatic nitrogens is 6. The molecule has 0 radical (unpaired) electrons. The minimum absolute atomic E-state index is 0.309. The molecule has 1 aliphatic carbocycles. The maximum atomic E-state index is 6.02. The highest BCUT2D eigenvalue weighted by atomic mass is 15.2. The lowest BCUT2D eigenvalue weighted by Crippen LogP contribution is -2.33. The summed E-state index contributed by atoms with van der Waals surface area (Å²) in [4.78, 5) is 18.1. The molecule has 0 amide bonds. The second-order valence-corrected chi connectivity index (χ2v) is 8.43. The summed E-state index contributed by atoms with van der Waals surface area (Å²) in [7, 11) is 0. The van der Waals surface area contributed by atoms with E-state index in [4.69, 9.17) is 11.5 Å². The lowest BCUT2D eigenvalue weighted by Gasteiger charge is -2.26. The van der Waals surface area contributed by atoms with Gasteiger partial charge in [-0.2, -0.15) is 10.1 Å². The number of anilines is 3. The molecule has 33 heavy (non-hydrogen) atoms. The fraction of sp³-hybridized carbons (Fsp3) is 0.348. The van der Waals surface area contributed by atoms with Crippen LogP contribution in [-0.4, -0.2) is 48.8 Å². The van der Waals surface area contributed by atoms with Crippen molar-refractivity contribution in [3.63, 3.8) is 0 Å². The Bertz CT molecular complexity index is 1230. The average Bonchev–Trinajstić information content (AvgIpc) is 3.25. The highest BCUT2D eigenvalue weighted by Crippen LogP contribution is 2.25. The highest BCUT2D eigenvalue weighted by Gasteiger charge is 2.20. The van der Waals surface area contributed by atoms with Crippen molar-refractivity contribution < 1.29 is 0 Å². The second-order valence-electron chi connectivity index (χ2n) is 8.43. The van der Waals surface area contributed by atoms with Crippen LogP contribution in [0, 0.1) is 0 Å². The molecule has 10 heteroatoms. The Kier molecular flexibility index (Phi) is 5.99. The van der Waals surface area contributed by atoms with E-state index < -0.39 is 0 Å². The van der Waals surface area contributed by atoms with E-state index in [1.807, 2.05) is 30.3 Å². The molecule has 5 rings (SSSR count). The Hall–Kier alpha value is -3.79. The lowest BCUT2D eigenvalue weighted by molar-refractivity contribution is 0.410. The van der Waals surface area contributed by atoms with Crippen LogP contribution in [0.3, 0.4) is 0 Å². The largest absolute Gasteiger partial charge is 0.399 e. The van der Waals surface area contributed by atoms with Gasteiger partial charge in [-0.3, -0.25) is 5.10 Å². The van der Waals surface area contributed by atoms with Crippen molar-refractivity contribution >= 4 is 28.6 Å². The number of rotatable bonds is 7. The van der Waals surface area contributed by atoms with Crippen molar-refractivity contribution in [1.82, 2.24) is 30.1 Å². The number of aromatic amines is 1. The molecule has 0 atom stereocenters. The number of para-hydroxylation sites is 1. The molecule has 3 aromatic heterocycles. The molecule has 7 N–H and O–H groups in total. The van der Waals surface area contributed by atoms with Crippen molar-refractivity contribution in [3.8, 4) is 11.4 Å². The van der Waals surface area contributed by atoms with Gasteiger partial charge in [0.1, 0.15) is 0 Å². The molecule has 0 aliphatic heterocycles. The van der Waals surface area contributed by atoms with Gasteiger partial charge in [0.2, 0.25) is 11.9 Å². The molecule has 1 aliphatic rings. The van der Waals surface area contributed by atoms with Crippen molar-refractivity contribution in [2.24, 2.45) is 5.73 Å². The molecule has 0 spiro atoms. The van der Waals surface area contributed by atoms with Crippen LogP contribution < -0.4 is 22.1 Å². The van der Waals surface area contributed by atoms with E-state index in [0.29, 0.717) is 36.2 Å². The molecular weight excluding hydrogens is 416 g/mol. The monoisotopic (exact) mass is 444 g/mol. The number of fused-ring (bicyclic) bond motifs is 1. The summed E-state index contributed by atoms with van der Waals surface area (Å²) in [5.41, 5.74) is 16.0. The maximum absolute atomic E-state index is 6.02. The van der Waals surface area contributed by atoms with Gasteiger partial charge in [0.25, 0.3) is 0 Å². The predicted octanol–water partition coefficient (Wildman–Crippen LogP) is 2.73. The van der Waals surface area contributed by atoms with E-state index in [9.17, 15) is 0 Å². The number of hydrogen-bond acceptors (Lipinski definition) is 9. The zero-order valence-corrected chi connectivity index (χ0v) is 18.3.